The summed E-state index contributed by atoms with van der Waals surface area (Å²) >= 11 is 0. The van der Waals surface area contributed by atoms with Crippen LogP contribution < -0.4 is 5.32 Å². The third kappa shape index (κ3) is 15.0. The van der Waals surface area contributed by atoms with Gasteiger partial charge in [0.2, 0.25) is 5.91 Å². The van der Waals surface area contributed by atoms with Crippen molar-refractivity contribution in [3.05, 3.63) is 120 Å². The minimum absolute atomic E-state index is 0.0805. The van der Waals surface area contributed by atoms with Crippen LogP contribution in [0.15, 0.2) is 103 Å². The van der Waals surface area contributed by atoms with Crippen molar-refractivity contribution in [1.82, 2.24) is 5.32 Å². The summed E-state index contributed by atoms with van der Waals surface area (Å²) in [6, 6.07) is 25.2. The molecule has 4 rings (SSSR count). The Hall–Kier alpha value is -5.86. The van der Waals surface area contributed by atoms with Crippen LogP contribution in [0.25, 0.3) is 0 Å². The number of carbonyl (C=O) groups is 6. The molecule has 3 aromatic carbocycles. The molecular weight excluding hydrogens is 738 g/mol. The molecule has 14 heteroatoms. The van der Waals surface area contributed by atoms with Crippen LogP contribution in [0.5, 0.6) is 0 Å². The topological polar surface area (TPSA) is 179 Å². The van der Waals surface area contributed by atoms with Crippen LogP contribution in [-0.2, 0) is 58.8 Å². The first-order chi connectivity index (χ1) is 27.4. The minimum Gasteiger partial charge on any atom is -0.463 e. The number of benzene rings is 3. The van der Waals surface area contributed by atoms with Gasteiger partial charge in [-0.3, -0.25) is 19.2 Å². The average molecular weight is 788 g/mol. The van der Waals surface area contributed by atoms with E-state index in [2.05, 4.69) is 5.32 Å². The van der Waals surface area contributed by atoms with E-state index < -0.39 is 79.1 Å². The lowest BCUT2D eigenvalue weighted by Crippen LogP contribution is -2.54. The second kappa shape index (κ2) is 22.6. The second-order valence-corrected chi connectivity index (χ2v) is 13.3. The number of aryl methyl sites for hydroxylation is 1. The zero-order chi connectivity index (χ0) is 41.2. The Labute approximate surface area is 331 Å². The van der Waals surface area contributed by atoms with E-state index in [1.54, 1.807) is 60.7 Å². The van der Waals surface area contributed by atoms with Gasteiger partial charge in [0, 0.05) is 33.3 Å². The van der Waals surface area contributed by atoms with Gasteiger partial charge in [-0.1, -0.05) is 73.2 Å². The maximum absolute atomic E-state index is 13.6. The van der Waals surface area contributed by atoms with Crippen molar-refractivity contribution >= 4 is 35.8 Å². The van der Waals surface area contributed by atoms with Gasteiger partial charge in [0.25, 0.3) is 0 Å². The highest BCUT2D eigenvalue weighted by molar-refractivity contribution is 5.90. The van der Waals surface area contributed by atoms with E-state index in [-0.39, 0.29) is 29.9 Å². The summed E-state index contributed by atoms with van der Waals surface area (Å²) in [5.41, 5.74) is 1.65. The average Bonchev–Trinajstić information content (AvgIpc) is 3.19. The monoisotopic (exact) mass is 787 g/mol. The summed E-state index contributed by atoms with van der Waals surface area (Å²) in [6.07, 6.45) is -1.84. The number of ether oxygens (including phenoxy) is 7. The predicted molar refractivity (Wildman–Crippen MR) is 204 cm³/mol. The highest BCUT2D eigenvalue weighted by Gasteiger charge is 2.40. The molecule has 0 saturated heterocycles. The van der Waals surface area contributed by atoms with Gasteiger partial charge in [0.05, 0.1) is 23.8 Å². The number of esters is 5. The molecule has 3 aromatic rings. The van der Waals surface area contributed by atoms with Crippen LogP contribution in [-0.4, -0.2) is 85.7 Å². The van der Waals surface area contributed by atoms with Crippen molar-refractivity contribution in [3.63, 3.8) is 0 Å². The molecule has 0 spiro atoms. The Bertz CT molecular complexity index is 1820. The number of hydrogen-bond acceptors (Lipinski definition) is 13. The number of carbonyl (C=O) groups excluding carboxylic acids is 6. The molecule has 0 saturated carbocycles. The van der Waals surface area contributed by atoms with E-state index in [1.165, 1.54) is 25.5 Å². The molecule has 1 N–H and O–H groups in total. The van der Waals surface area contributed by atoms with Gasteiger partial charge in [0.15, 0.2) is 24.6 Å². The van der Waals surface area contributed by atoms with Gasteiger partial charge in [-0.05, 0) is 56.0 Å². The lowest BCUT2D eigenvalue weighted by atomic mass is 10.0. The smallest absolute Gasteiger partial charge is 0.338 e. The Morgan fingerprint density at radius 3 is 1.89 bits per heavy atom. The minimum atomic E-state index is -1.40. The van der Waals surface area contributed by atoms with E-state index in [0.29, 0.717) is 6.42 Å². The highest BCUT2D eigenvalue weighted by atomic mass is 16.7. The van der Waals surface area contributed by atoms with Crippen molar-refractivity contribution in [3.8, 4) is 0 Å². The normalized spacial score (nSPS) is 17.8. The number of unbranched alkanes of at least 4 members (excludes halogenated alkanes) is 2. The first-order valence-electron chi connectivity index (χ1n) is 18.7. The van der Waals surface area contributed by atoms with Gasteiger partial charge in [0.1, 0.15) is 18.5 Å². The molecule has 14 nitrogen and oxygen atoms in total. The summed E-state index contributed by atoms with van der Waals surface area (Å²) in [6.45, 7) is 4.22. The molecule has 1 aliphatic heterocycles. The van der Waals surface area contributed by atoms with Crippen LogP contribution in [0, 0.1) is 0 Å². The standard InChI is InChI=1S/C43H49NO13/c1-28(53-41(49)33-20-12-7-13-21-33)40(57-42(50)34-22-14-8-15-23-34)35(44-39(48)24-16-6-11-19-32-17-9-5-10-18-32)26-52-43-37(55-31(4)47)25-36(54-30(3)46)38(56-43)27-51-29(2)45/h5,7-10,12-15,17-18,20-23,25,28,35,37-38,40,43H,6,11,16,19,24,26-27H2,1-4H3,(H,44,48)/t28-,35+,37?,38?,40-,43?/m1/s1. The van der Waals surface area contributed by atoms with Crippen molar-refractivity contribution in [2.45, 2.75) is 96.5 Å². The highest BCUT2D eigenvalue weighted by Crippen LogP contribution is 2.26. The Balaban J connectivity index is 1.61. The van der Waals surface area contributed by atoms with E-state index in [4.69, 9.17) is 33.2 Å². The van der Waals surface area contributed by atoms with Gasteiger partial charge < -0.3 is 38.5 Å². The summed E-state index contributed by atoms with van der Waals surface area (Å²) < 4.78 is 39.9. The fraction of sp³-hybridized carbons (Fsp3) is 0.395. The number of hydrogen-bond donors (Lipinski definition) is 1. The van der Waals surface area contributed by atoms with Crippen molar-refractivity contribution < 1.29 is 61.9 Å². The fourth-order valence-electron chi connectivity index (χ4n) is 5.93. The Morgan fingerprint density at radius 1 is 0.719 bits per heavy atom. The van der Waals surface area contributed by atoms with Gasteiger partial charge in [-0.15, -0.1) is 0 Å². The summed E-state index contributed by atoms with van der Waals surface area (Å²) in [5, 5.41) is 2.91. The molecule has 1 amide bonds. The maximum Gasteiger partial charge on any atom is 0.338 e. The molecular formula is C43H49NO13. The molecule has 0 fully saturated rings. The lowest BCUT2D eigenvalue weighted by molar-refractivity contribution is -0.234. The van der Waals surface area contributed by atoms with Crippen LogP contribution in [0.2, 0.25) is 0 Å². The number of nitrogens with one attached hydrogen (secondary N) is 1. The van der Waals surface area contributed by atoms with Crippen molar-refractivity contribution in [2.75, 3.05) is 13.2 Å². The van der Waals surface area contributed by atoms with Gasteiger partial charge >= 0.3 is 29.8 Å². The van der Waals surface area contributed by atoms with E-state index in [0.717, 1.165) is 33.1 Å². The molecule has 57 heavy (non-hydrogen) atoms. The first kappa shape index (κ1) is 43.9. The summed E-state index contributed by atoms with van der Waals surface area (Å²) in [4.78, 5) is 76.1. The number of rotatable bonds is 20. The van der Waals surface area contributed by atoms with Crippen LogP contribution in [0.4, 0.5) is 0 Å². The maximum atomic E-state index is 13.6. The zero-order valence-electron chi connectivity index (χ0n) is 32.5. The third-order valence-electron chi connectivity index (χ3n) is 8.63. The predicted octanol–water partition coefficient (Wildman–Crippen LogP) is 5.43. The molecule has 0 bridgehead atoms. The number of amides is 1. The van der Waals surface area contributed by atoms with E-state index >= 15 is 0 Å². The lowest BCUT2D eigenvalue weighted by Gasteiger charge is -2.36. The molecule has 304 valence electrons. The molecule has 1 aliphatic rings. The van der Waals surface area contributed by atoms with E-state index in [1.807, 2.05) is 30.3 Å². The Kier molecular flexibility index (Phi) is 17.4. The largest absolute Gasteiger partial charge is 0.463 e. The van der Waals surface area contributed by atoms with Crippen LogP contribution in [0.3, 0.4) is 0 Å². The third-order valence-corrected chi connectivity index (χ3v) is 8.63. The summed E-state index contributed by atoms with van der Waals surface area (Å²) in [5.74, 6) is -3.99. The van der Waals surface area contributed by atoms with Crippen molar-refractivity contribution in [1.29, 1.82) is 0 Å². The molecule has 0 radical (unpaired) electrons. The molecule has 0 aliphatic carbocycles. The summed E-state index contributed by atoms with van der Waals surface area (Å²) in [7, 11) is 0. The van der Waals surface area contributed by atoms with Crippen LogP contribution >= 0.6 is 0 Å². The first-order valence-corrected chi connectivity index (χ1v) is 18.7. The van der Waals surface area contributed by atoms with Gasteiger partial charge in [-0.25, -0.2) is 9.59 Å². The molecule has 3 unspecified atom stereocenters. The second-order valence-electron chi connectivity index (χ2n) is 13.3. The van der Waals surface area contributed by atoms with E-state index in [9.17, 15) is 28.8 Å². The zero-order valence-corrected chi connectivity index (χ0v) is 32.5. The molecule has 0 aromatic heterocycles. The van der Waals surface area contributed by atoms with Gasteiger partial charge in [-0.2, -0.15) is 0 Å². The fourth-order valence-corrected chi connectivity index (χ4v) is 5.93. The quantitative estimate of drug-likeness (QED) is 0.0872. The molecule has 1 heterocycles. The molecule has 6 atom stereocenters. The SMILES string of the molecule is CC(=O)OCC1OC(OC[C@H](NC(=O)CCCCCc2ccccc2)[C@H](OC(=O)c2ccccc2)[C@@H](C)OC(=O)c2ccccc2)C(OC(C)=O)C=C1OC(C)=O. The Morgan fingerprint density at radius 2 is 1.32 bits per heavy atom. The van der Waals surface area contributed by atoms with Crippen molar-refractivity contribution in [2.24, 2.45) is 0 Å². The van der Waals surface area contributed by atoms with Crippen LogP contribution in [0.1, 0.15) is 79.7 Å².